The summed E-state index contributed by atoms with van der Waals surface area (Å²) in [5.74, 6) is -3.04. The van der Waals surface area contributed by atoms with Crippen LogP contribution in [0.4, 0.5) is 0 Å². The van der Waals surface area contributed by atoms with Crippen molar-refractivity contribution in [3.63, 3.8) is 0 Å². The average Bonchev–Trinajstić information content (AvgIpc) is 3.01. The maximum atomic E-state index is 13.1. The molecule has 0 bridgehead atoms. The number of ether oxygens (including phenoxy) is 3. The van der Waals surface area contributed by atoms with Crippen LogP contribution in [0.5, 0.6) is 0 Å². The van der Waals surface area contributed by atoms with Crippen molar-refractivity contribution >= 4 is 15.4 Å². The zero-order valence-corrected chi connectivity index (χ0v) is 25.7. The Labute approximate surface area is 255 Å². The van der Waals surface area contributed by atoms with E-state index in [1.807, 2.05) is 0 Å². The van der Waals surface area contributed by atoms with Gasteiger partial charge in [0, 0.05) is 33.2 Å². The number of sulfone groups is 1. The van der Waals surface area contributed by atoms with E-state index < -0.39 is 42.6 Å². The Morgan fingerprint density at radius 1 is 0.773 bits per heavy atom. The molecule has 44 heavy (non-hydrogen) atoms. The van der Waals surface area contributed by atoms with Gasteiger partial charge in [-0.25, -0.2) is 28.6 Å². The minimum atomic E-state index is -3.82. The number of nitro groups is 2. The third-order valence-corrected chi connectivity index (χ3v) is 8.75. The minimum Gasteiger partial charge on any atom is -0.365 e. The monoisotopic (exact) mass is 623 g/mol. The maximum Gasteiger partial charge on any atom is 0.290 e. The van der Waals surface area contributed by atoms with Gasteiger partial charge in [-0.1, -0.05) is 97.1 Å². The highest BCUT2D eigenvalue weighted by Crippen LogP contribution is 2.66. The standard InChI is InChI=1S/C31H33N3O9S/c1-6-27-26(22-44(5,39)40)28(23-16-10-7-11-17-23)31(42-3,43-4)30(25-20-14-9-15-21-25,32(33(35)36)34(37)38)29(27,41-2)24-18-12-8-13-19-24/h6-21H,22H2,1-5H3. The predicted molar refractivity (Wildman–Crippen MR) is 163 cm³/mol. The lowest BCUT2D eigenvalue weighted by atomic mass is 9.54. The van der Waals surface area contributed by atoms with E-state index in [2.05, 4.69) is 0 Å². The zero-order valence-electron chi connectivity index (χ0n) is 24.9. The molecule has 13 heteroatoms. The Bertz CT molecular complexity index is 1680. The molecule has 12 nitrogen and oxygen atoms in total. The number of hydrogen-bond donors (Lipinski definition) is 0. The molecular weight excluding hydrogens is 590 g/mol. The molecule has 0 amide bonds. The number of benzene rings is 3. The van der Waals surface area contributed by atoms with Crippen molar-refractivity contribution in [1.29, 1.82) is 0 Å². The Hall–Kier alpha value is -4.43. The lowest BCUT2D eigenvalue weighted by Gasteiger charge is -2.59. The molecule has 0 aromatic heterocycles. The van der Waals surface area contributed by atoms with Gasteiger partial charge >= 0.3 is 0 Å². The molecule has 232 valence electrons. The van der Waals surface area contributed by atoms with E-state index >= 15 is 0 Å². The summed E-state index contributed by atoms with van der Waals surface area (Å²) in [5.41, 5.74) is -3.89. The fourth-order valence-corrected chi connectivity index (χ4v) is 7.50. The van der Waals surface area contributed by atoms with Crippen LogP contribution in [0.15, 0.2) is 108 Å². The fraction of sp³-hybridized carbons (Fsp3) is 0.290. The summed E-state index contributed by atoms with van der Waals surface area (Å²) >= 11 is 0. The van der Waals surface area contributed by atoms with Crippen LogP contribution in [0, 0.1) is 20.2 Å². The molecule has 3 aromatic rings. The van der Waals surface area contributed by atoms with Gasteiger partial charge in [0.05, 0.1) is 5.75 Å². The summed E-state index contributed by atoms with van der Waals surface area (Å²) in [6.07, 6.45) is 2.61. The van der Waals surface area contributed by atoms with Crippen LogP contribution in [-0.4, -0.2) is 62.7 Å². The van der Waals surface area contributed by atoms with Crippen molar-refractivity contribution in [1.82, 2.24) is 5.12 Å². The number of nitrogens with zero attached hydrogens (tertiary/aromatic N) is 3. The first-order chi connectivity index (χ1) is 20.9. The minimum absolute atomic E-state index is 0.0222. The van der Waals surface area contributed by atoms with Gasteiger partial charge in [0.1, 0.15) is 0 Å². The van der Waals surface area contributed by atoms with Gasteiger partial charge in [-0.05, 0) is 34.8 Å². The van der Waals surface area contributed by atoms with Gasteiger partial charge in [-0.3, -0.25) is 0 Å². The second kappa shape index (κ2) is 12.3. The molecule has 1 aliphatic carbocycles. The van der Waals surface area contributed by atoms with Crippen molar-refractivity contribution < 1.29 is 32.7 Å². The van der Waals surface area contributed by atoms with E-state index in [0.717, 1.165) is 6.26 Å². The van der Waals surface area contributed by atoms with Crippen molar-refractivity contribution in [3.05, 3.63) is 145 Å². The van der Waals surface area contributed by atoms with Gasteiger partial charge in [0.2, 0.25) is 15.9 Å². The molecular formula is C31H33N3O9S. The van der Waals surface area contributed by atoms with Gasteiger partial charge < -0.3 is 14.2 Å². The zero-order chi connectivity index (χ0) is 32.3. The van der Waals surface area contributed by atoms with Crippen LogP contribution in [0.1, 0.15) is 23.6 Å². The van der Waals surface area contributed by atoms with E-state index in [1.165, 1.54) is 33.5 Å². The molecule has 3 aromatic carbocycles. The fourth-order valence-electron chi connectivity index (χ4n) is 6.67. The van der Waals surface area contributed by atoms with Gasteiger partial charge in [-0.15, -0.1) is 0 Å². The van der Waals surface area contributed by atoms with E-state index in [-0.39, 0.29) is 33.0 Å². The molecule has 0 N–H and O–H groups in total. The normalized spacial score (nSPS) is 22.5. The average molecular weight is 624 g/mol. The van der Waals surface area contributed by atoms with Crippen molar-refractivity contribution in [3.8, 4) is 0 Å². The van der Waals surface area contributed by atoms with Gasteiger partial charge in [0.25, 0.3) is 5.54 Å². The Morgan fingerprint density at radius 3 is 1.61 bits per heavy atom. The highest BCUT2D eigenvalue weighted by atomic mass is 32.2. The molecule has 0 aliphatic heterocycles. The SMILES string of the molecule is CC=C1C(CS(C)(=O)=O)=C(c2ccccc2)C(OC)(OC)C(c2ccccc2)(N([N+](=O)[O-])[N+](=O)[O-])C1(OC)c1ccccc1. The third-order valence-electron chi connectivity index (χ3n) is 7.94. The molecule has 4 rings (SSSR count). The quantitative estimate of drug-likeness (QED) is 0.169. The van der Waals surface area contributed by atoms with E-state index in [0.29, 0.717) is 5.56 Å². The van der Waals surface area contributed by atoms with Gasteiger partial charge in [0.15, 0.2) is 20.6 Å². The molecule has 2 unspecified atom stereocenters. The molecule has 1 aliphatic rings. The highest BCUT2D eigenvalue weighted by molar-refractivity contribution is 7.90. The van der Waals surface area contributed by atoms with E-state index in [4.69, 9.17) is 14.2 Å². The second-order valence-electron chi connectivity index (χ2n) is 10.1. The lowest BCUT2D eigenvalue weighted by molar-refractivity contribution is -0.934. The first kappa shape index (κ1) is 32.5. The predicted octanol–water partition coefficient (Wildman–Crippen LogP) is 4.56. The molecule has 0 radical (unpaired) electrons. The van der Waals surface area contributed by atoms with Crippen LogP contribution >= 0.6 is 0 Å². The van der Waals surface area contributed by atoms with Crippen LogP contribution in [0.3, 0.4) is 0 Å². The van der Waals surface area contributed by atoms with Crippen molar-refractivity contribution in [2.75, 3.05) is 33.3 Å². The van der Waals surface area contributed by atoms with E-state index in [1.54, 1.807) is 91.9 Å². The number of hydrazine groups is 2. The first-order valence-corrected chi connectivity index (χ1v) is 15.5. The summed E-state index contributed by atoms with van der Waals surface area (Å²) in [4.78, 5) is 26.2. The molecule has 0 saturated carbocycles. The number of hydrogen-bond acceptors (Lipinski definition) is 9. The molecule has 0 fully saturated rings. The van der Waals surface area contributed by atoms with Crippen molar-refractivity contribution in [2.24, 2.45) is 0 Å². The number of methoxy groups -OCH3 is 3. The Kier molecular flexibility index (Phi) is 9.07. The van der Waals surface area contributed by atoms with Crippen LogP contribution in [0.2, 0.25) is 0 Å². The third kappa shape index (κ3) is 4.68. The summed E-state index contributed by atoms with van der Waals surface area (Å²) in [6, 6.07) is 24.4. The summed E-state index contributed by atoms with van der Waals surface area (Å²) < 4.78 is 45.1. The van der Waals surface area contributed by atoms with E-state index in [9.17, 15) is 28.6 Å². The molecule has 2 atom stereocenters. The highest BCUT2D eigenvalue weighted by Gasteiger charge is 2.83. The Balaban J connectivity index is 2.52. The molecule has 0 heterocycles. The smallest absolute Gasteiger partial charge is 0.290 e. The van der Waals surface area contributed by atoms with Gasteiger partial charge in [-0.2, -0.15) is 0 Å². The Morgan fingerprint density at radius 2 is 1.23 bits per heavy atom. The summed E-state index contributed by atoms with van der Waals surface area (Å²) in [6.45, 7) is 1.61. The molecule has 0 saturated heterocycles. The first-order valence-electron chi connectivity index (χ1n) is 13.4. The largest absolute Gasteiger partial charge is 0.365 e. The summed E-state index contributed by atoms with van der Waals surface area (Å²) in [7, 11) is -0.157. The molecule has 0 spiro atoms. The second-order valence-corrected chi connectivity index (χ2v) is 12.2. The van der Waals surface area contributed by atoms with Crippen LogP contribution in [-0.2, 0) is 35.2 Å². The topological polar surface area (TPSA) is 151 Å². The van der Waals surface area contributed by atoms with Crippen molar-refractivity contribution in [2.45, 2.75) is 23.9 Å². The maximum absolute atomic E-state index is 13.1. The van der Waals surface area contributed by atoms with Crippen LogP contribution in [0.25, 0.3) is 5.57 Å². The lowest BCUT2D eigenvalue weighted by Crippen LogP contribution is -2.77. The number of allylic oxidation sites excluding steroid dienone is 1. The number of rotatable bonds is 11. The van der Waals surface area contributed by atoms with Crippen LogP contribution < -0.4 is 0 Å². The summed E-state index contributed by atoms with van der Waals surface area (Å²) in [5, 5.41) is 23.8.